The van der Waals surface area contributed by atoms with Crippen LogP contribution in [-0.2, 0) is 12.8 Å². The van der Waals surface area contributed by atoms with Crippen LogP contribution in [0, 0.1) is 11.3 Å². The van der Waals surface area contributed by atoms with Crippen LogP contribution in [-0.4, -0.2) is 4.98 Å². The zero-order chi connectivity index (χ0) is 11.5. The average Bonchev–Trinajstić information content (AvgIpc) is 2.51. The fraction of sp³-hybridized carbons (Fsp3) is 0.769. The summed E-state index contributed by atoms with van der Waals surface area (Å²) in [6.07, 6.45) is 3.44. The van der Waals surface area contributed by atoms with E-state index >= 15 is 0 Å². The van der Waals surface area contributed by atoms with Crippen LogP contribution < -0.4 is 0 Å². The van der Waals surface area contributed by atoms with Crippen LogP contribution in [0.2, 0.25) is 0 Å². The largest absolute Gasteiger partial charge is 0.246 e. The summed E-state index contributed by atoms with van der Waals surface area (Å²) in [4.78, 5) is 4.67. The first-order valence-corrected chi connectivity index (χ1v) is 6.74. The summed E-state index contributed by atoms with van der Waals surface area (Å²) in [5.74, 6) is 0.689. The lowest BCUT2D eigenvalue weighted by atomic mass is 9.80. The van der Waals surface area contributed by atoms with Crippen LogP contribution in [0.5, 0.6) is 0 Å². The van der Waals surface area contributed by atoms with Crippen molar-refractivity contribution in [2.24, 2.45) is 11.3 Å². The molecule has 1 rings (SSSR count). The average molecular weight is 225 g/mol. The van der Waals surface area contributed by atoms with Gasteiger partial charge in [-0.25, -0.2) is 4.98 Å². The highest BCUT2D eigenvalue weighted by atomic mass is 32.1. The van der Waals surface area contributed by atoms with E-state index in [0.29, 0.717) is 11.3 Å². The molecule has 86 valence electrons. The van der Waals surface area contributed by atoms with Crippen LogP contribution in [0.15, 0.2) is 5.38 Å². The van der Waals surface area contributed by atoms with Gasteiger partial charge in [0.25, 0.3) is 0 Å². The number of hydrogen-bond donors (Lipinski definition) is 0. The molecule has 1 nitrogen and oxygen atoms in total. The Morgan fingerprint density at radius 2 is 2.07 bits per heavy atom. The first kappa shape index (κ1) is 12.7. The highest BCUT2D eigenvalue weighted by Gasteiger charge is 2.20. The second-order valence-corrected chi connectivity index (χ2v) is 6.40. The fourth-order valence-corrected chi connectivity index (χ4v) is 2.30. The molecule has 0 aromatic carbocycles. The third kappa shape index (κ3) is 3.94. The van der Waals surface area contributed by atoms with Crippen LogP contribution in [0.3, 0.4) is 0 Å². The molecule has 1 unspecified atom stereocenters. The maximum Gasteiger partial charge on any atom is 0.0928 e. The van der Waals surface area contributed by atoms with Crippen molar-refractivity contribution in [1.82, 2.24) is 4.98 Å². The van der Waals surface area contributed by atoms with Gasteiger partial charge in [0.05, 0.1) is 10.7 Å². The van der Waals surface area contributed by atoms with E-state index in [1.54, 1.807) is 0 Å². The van der Waals surface area contributed by atoms with E-state index in [9.17, 15) is 0 Å². The van der Waals surface area contributed by atoms with Gasteiger partial charge in [-0.2, -0.15) is 0 Å². The molecular weight excluding hydrogens is 202 g/mol. The highest BCUT2D eigenvalue weighted by Crippen LogP contribution is 2.28. The quantitative estimate of drug-likeness (QED) is 0.743. The molecule has 1 aromatic heterocycles. The first-order valence-electron chi connectivity index (χ1n) is 5.86. The van der Waals surface area contributed by atoms with Gasteiger partial charge in [-0.3, -0.25) is 0 Å². The number of hydrogen-bond acceptors (Lipinski definition) is 2. The van der Waals surface area contributed by atoms with E-state index in [1.807, 2.05) is 11.3 Å². The lowest BCUT2D eigenvalue weighted by Gasteiger charge is -2.26. The van der Waals surface area contributed by atoms with E-state index in [-0.39, 0.29) is 0 Å². The minimum absolute atomic E-state index is 0.383. The molecule has 0 N–H and O–H groups in total. The third-order valence-electron chi connectivity index (χ3n) is 3.06. The molecule has 0 spiro atoms. The number of aromatic nitrogens is 1. The van der Waals surface area contributed by atoms with Crippen LogP contribution >= 0.6 is 11.3 Å². The summed E-state index contributed by atoms with van der Waals surface area (Å²) in [5, 5.41) is 3.53. The van der Waals surface area contributed by atoms with Gasteiger partial charge in [0.15, 0.2) is 0 Å². The molecule has 0 radical (unpaired) electrons. The van der Waals surface area contributed by atoms with Gasteiger partial charge in [0.2, 0.25) is 0 Å². The molecule has 0 aliphatic rings. The van der Waals surface area contributed by atoms with E-state index in [0.717, 1.165) is 12.8 Å². The maximum atomic E-state index is 4.67. The predicted molar refractivity (Wildman–Crippen MR) is 68.4 cm³/mol. The lowest BCUT2D eigenvalue weighted by molar-refractivity contribution is 0.259. The molecule has 0 aliphatic carbocycles. The van der Waals surface area contributed by atoms with Crippen LogP contribution in [0.25, 0.3) is 0 Å². The van der Waals surface area contributed by atoms with E-state index in [4.69, 9.17) is 0 Å². The Balaban J connectivity index is 2.57. The molecule has 0 fully saturated rings. The van der Waals surface area contributed by atoms with E-state index in [1.165, 1.54) is 17.1 Å². The number of aryl methyl sites for hydroxylation is 1. The van der Waals surface area contributed by atoms with Gasteiger partial charge in [0.1, 0.15) is 0 Å². The number of thiazole rings is 1. The third-order valence-corrected chi connectivity index (χ3v) is 4.01. The van der Waals surface area contributed by atoms with Crippen molar-refractivity contribution in [2.45, 2.75) is 53.9 Å². The molecule has 1 aromatic rings. The Morgan fingerprint density at radius 3 is 2.60 bits per heavy atom. The van der Waals surface area contributed by atoms with Crippen LogP contribution in [0.4, 0.5) is 0 Å². The van der Waals surface area contributed by atoms with Gasteiger partial charge in [-0.05, 0) is 30.6 Å². The lowest BCUT2D eigenvalue weighted by Crippen LogP contribution is -2.19. The van der Waals surface area contributed by atoms with Crippen LogP contribution in [0.1, 0.15) is 51.7 Å². The van der Waals surface area contributed by atoms with Gasteiger partial charge >= 0.3 is 0 Å². The monoisotopic (exact) mass is 225 g/mol. The number of nitrogens with zero attached hydrogens (tertiary/aromatic N) is 1. The minimum atomic E-state index is 0.383. The zero-order valence-electron chi connectivity index (χ0n) is 10.6. The molecule has 0 saturated heterocycles. The Kier molecular flexibility index (Phi) is 4.32. The molecule has 15 heavy (non-hydrogen) atoms. The predicted octanol–water partition coefficient (Wildman–Crippen LogP) is 4.32. The summed E-state index contributed by atoms with van der Waals surface area (Å²) in [6, 6.07) is 0. The van der Waals surface area contributed by atoms with E-state index < -0.39 is 0 Å². The van der Waals surface area contributed by atoms with Crippen molar-refractivity contribution in [2.75, 3.05) is 0 Å². The Bertz CT molecular complexity index is 296. The smallest absolute Gasteiger partial charge is 0.0928 e. The molecule has 0 aliphatic heterocycles. The normalized spacial score (nSPS) is 14.2. The molecule has 0 bridgehead atoms. The summed E-state index contributed by atoms with van der Waals surface area (Å²) in [5.41, 5.74) is 1.67. The van der Waals surface area contributed by atoms with Crippen molar-refractivity contribution >= 4 is 11.3 Å². The van der Waals surface area contributed by atoms with Crippen molar-refractivity contribution in [3.8, 4) is 0 Å². The summed E-state index contributed by atoms with van der Waals surface area (Å²) >= 11 is 1.82. The fourth-order valence-electron chi connectivity index (χ4n) is 1.39. The Hall–Kier alpha value is -0.370. The van der Waals surface area contributed by atoms with E-state index in [2.05, 4.69) is 45.0 Å². The molecule has 1 atom stereocenters. The van der Waals surface area contributed by atoms with Crippen molar-refractivity contribution < 1.29 is 0 Å². The maximum absolute atomic E-state index is 4.67. The van der Waals surface area contributed by atoms with Crippen molar-refractivity contribution in [3.63, 3.8) is 0 Å². The molecular formula is C13H23NS. The van der Waals surface area contributed by atoms with Gasteiger partial charge in [-0.15, -0.1) is 11.3 Å². The summed E-state index contributed by atoms with van der Waals surface area (Å²) in [6.45, 7) is 11.4. The first-order chi connectivity index (χ1) is 6.93. The topological polar surface area (TPSA) is 12.9 Å². The summed E-state index contributed by atoms with van der Waals surface area (Å²) < 4.78 is 0. The molecule has 2 heteroatoms. The second-order valence-electron chi connectivity index (χ2n) is 5.45. The Labute approximate surface area is 97.9 Å². The van der Waals surface area contributed by atoms with Gasteiger partial charge < -0.3 is 0 Å². The Morgan fingerprint density at radius 1 is 1.40 bits per heavy atom. The molecule has 0 saturated carbocycles. The molecule has 0 amide bonds. The number of rotatable bonds is 4. The zero-order valence-corrected chi connectivity index (χ0v) is 11.4. The molecule has 1 heterocycles. The van der Waals surface area contributed by atoms with Gasteiger partial charge in [0, 0.05) is 5.38 Å². The summed E-state index contributed by atoms with van der Waals surface area (Å²) in [7, 11) is 0. The van der Waals surface area contributed by atoms with Gasteiger partial charge in [-0.1, -0.05) is 34.6 Å². The minimum Gasteiger partial charge on any atom is -0.246 e. The van der Waals surface area contributed by atoms with Crippen molar-refractivity contribution in [1.29, 1.82) is 0 Å². The standard InChI is InChI=1S/C13H23NS/c1-6-7-12-14-11(9-15-12)8-10(2)13(3,4)5/h9-10H,6-8H2,1-5H3. The SMILES string of the molecule is CCCc1nc(CC(C)C(C)(C)C)cs1. The second kappa shape index (κ2) is 5.11. The highest BCUT2D eigenvalue weighted by molar-refractivity contribution is 7.09. The van der Waals surface area contributed by atoms with Crippen molar-refractivity contribution in [3.05, 3.63) is 16.1 Å².